The lowest BCUT2D eigenvalue weighted by Gasteiger charge is -2.12. The van der Waals surface area contributed by atoms with Crippen LogP contribution in [0.1, 0.15) is 18.9 Å². The molecule has 0 aromatic heterocycles. The number of halogens is 1. The van der Waals surface area contributed by atoms with Crippen LogP contribution in [0.15, 0.2) is 18.2 Å². The molecule has 0 atom stereocenters. The number of hydrogen-bond acceptors (Lipinski definition) is 4. The SMILES string of the molecule is CCCNCc1cc(F)ccc1OCCS(C)(=O)=O. The molecule has 6 heteroatoms. The van der Waals surface area contributed by atoms with Crippen LogP contribution in [0.2, 0.25) is 0 Å². The second-order valence-corrected chi connectivity index (χ2v) is 6.67. The Labute approximate surface area is 113 Å². The molecule has 4 nitrogen and oxygen atoms in total. The van der Waals surface area contributed by atoms with Crippen molar-refractivity contribution in [3.8, 4) is 5.75 Å². The van der Waals surface area contributed by atoms with Crippen LogP contribution in [-0.2, 0) is 16.4 Å². The molecular weight excluding hydrogens is 269 g/mol. The molecule has 0 heterocycles. The fraction of sp³-hybridized carbons (Fsp3) is 0.538. The molecule has 0 bridgehead atoms. The number of ether oxygens (including phenoxy) is 1. The van der Waals surface area contributed by atoms with E-state index in [1.54, 1.807) is 0 Å². The van der Waals surface area contributed by atoms with E-state index in [2.05, 4.69) is 5.32 Å². The molecule has 0 aliphatic heterocycles. The maximum atomic E-state index is 13.2. The van der Waals surface area contributed by atoms with Crippen LogP contribution in [0.3, 0.4) is 0 Å². The molecule has 0 saturated heterocycles. The lowest BCUT2D eigenvalue weighted by atomic mass is 10.2. The van der Waals surface area contributed by atoms with Gasteiger partial charge in [-0.25, -0.2) is 12.8 Å². The Bertz CT molecular complexity index is 503. The average Bonchev–Trinajstić information content (AvgIpc) is 2.30. The van der Waals surface area contributed by atoms with E-state index in [1.165, 1.54) is 18.2 Å². The van der Waals surface area contributed by atoms with Gasteiger partial charge in [0, 0.05) is 18.4 Å². The topological polar surface area (TPSA) is 55.4 Å². The zero-order valence-corrected chi connectivity index (χ0v) is 12.1. The molecule has 0 radical (unpaired) electrons. The summed E-state index contributed by atoms with van der Waals surface area (Å²) in [5.41, 5.74) is 0.696. The Balaban J connectivity index is 2.65. The van der Waals surface area contributed by atoms with Gasteiger partial charge < -0.3 is 10.1 Å². The van der Waals surface area contributed by atoms with Gasteiger partial charge in [-0.1, -0.05) is 6.92 Å². The normalized spacial score (nSPS) is 11.5. The summed E-state index contributed by atoms with van der Waals surface area (Å²) in [4.78, 5) is 0. The smallest absolute Gasteiger partial charge is 0.150 e. The van der Waals surface area contributed by atoms with Crippen LogP contribution < -0.4 is 10.1 Å². The van der Waals surface area contributed by atoms with E-state index >= 15 is 0 Å². The minimum atomic E-state index is -3.05. The first-order valence-corrected chi connectivity index (χ1v) is 8.28. The predicted molar refractivity (Wildman–Crippen MR) is 73.6 cm³/mol. The maximum absolute atomic E-state index is 13.2. The van der Waals surface area contributed by atoms with Gasteiger partial charge in [-0.2, -0.15) is 0 Å². The van der Waals surface area contributed by atoms with Gasteiger partial charge in [0.05, 0.1) is 5.75 Å². The molecule has 0 aliphatic rings. The van der Waals surface area contributed by atoms with Crippen molar-refractivity contribution in [2.75, 3.05) is 25.2 Å². The van der Waals surface area contributed by atoms with Crippen LogP contribution in [0.5, 0.6) is 5.75 Å². The van der Waals surface area contributed by atoms with Crippen molar-refractivity contribution in [3.05, 3.63) is 29.6 Å². The molecule has 1 rings (SSSR count). The van der Waals surface area contributed by atoms with Gasteiger partial charge in [-0.15, -0.1) is 0 Å². The molecule has 108 valence electrons. The van der Waals surface area contributed by atoms with E-state index < -0.39 is 9.84 Å². The summed E-state index contributed by atoms with van der Waals surface area (Å²) < 4.78 is 40.6. The molecule has 1 aromatic carbocycles. The third-order valence-corrected chi connectivity index (χ3v) is 3.38. The van der Waals surface area contributed by atoms with Crippen molar-refractivity contribution in [3.63, 3.8) is 0 Å². The molecular formula is C13H20FNO3S. The van der Waals surface area contributed by atoms with E-state index in [1.807, 2.05) is 6.92 Å². The van der Waals surface area contributed by atoms with E-state index in [-0.39, 0.29) is 18.2 Å². The minimum absolute atomic E-state index is 0.0494. The van der Waals surface area contributed by atoms with Crippen molar-refractivity contribution in [2.24, 2.45) is 0 Å². The molecule has 0 unspecified atom stereocenters. The lowest BCUT2D eigenvalue weighted by Crippen LogP contribution is -2.16. The number of nitrogens with one attached hydrogen (secondary N) is 1. The first-order chi connectivity index (χ1) is 8.92. The van der Waals surface area contributed by atoms with Crippen LogP contribution in [-0.4, -0.2) is 33.6 Å². The van der Waals surface area contributed by atoms with Gasteiger partial charge in [0.15, 0.2) is 9.84 Å². The van der Waals surface area contributed by atoms with Gasteiger partial charge in [-0.3, -0.25) is 0 Å². The number of sulfone groups is 1. The van der Waals surface area contributed by atoms with E-state index in [9.17, 15) is 12.8 Å². The van der Waals surface area contributed by atoms with E-state index in [4.69, 9.17) is 4.74 Å². The number of benzene rings is 1. The highest BCUT2D eigenvalue weighted by molar-refractivity contribution is 7.90. The molecule has 1 aromatic rings. The molecule has 0 saturated carbocycles. The molecule has 0 amide bonds. The van der Waals surface area contributed by atoms with Gasteiger partial charge in [0.1, 0.15) is 18.2 Å². The van der Waals surface area contributed by atoms with Crippen molar-refractivity contribution >= 4 is 9.84 Å². The summed E-state index contributed by atoms with van der Waals surface area (Å²) >= 11 is 0. The number of hydrogen-bond donors (Lipinski definition) is 1. The Morgan fingerprint density at radius 1 is 1.37 bits per heavy atom. The third kappa shape index (κ3) is 6.54. The quantitative estimate of drug-likeness (QED) is 0.741. The fourth-order valence-corrected chi connectivity index (χ4v) is 1.92. The van der Waals surface area contributed by atoms with Gasteiger partial charge in [0.25, 0.3) is 0 Å². The average molecular weight is 289 g/mol. The van der Waals surface area contributed by atoms with Crippen LogP contribution in [0.25, 0.3) is 0 Å². The lowest BCUT2D eigenvalue weighted by molar-refractivity contribution is 0.335. The highest BCUT2D eigenvalue weighted by atomic mass is 32.2. The molecule has 1 N–H and O–H groups in total. The first-order valence-electron chi connectivity index (χ1n) is 6.22. The third-order valence-electron chi connectivity index (χ3n) is 2.48. The predicted octanol–water partition coefficient (Wildman–Crippen LogP) is 1.75. The van der Waals surface area contributed by atoms with Gasteiger partial charge in [0.2, 0.25) is 0 Å². The number of rotatable bonds is 8. The highest BCUT2D eigenvalue weighted by Crippen LogP contribution is 2.19. The Hall–Kier alpha value is -1.14. The van der Waals surface area contributed by atoms with Crippen LogP contribution >= 0.6 is 0 Å². The summed E-state index contributed by atoms with van der Waals surface area (Å²) in [6.07, 6.45) is 2.14. The van der Waals surface area contributed by atoms with Crippen molar-refractivity contribution in [2.45, 2.75) is 19.9 Å². The Kier molecular flexibility index (Phi) is 6.24. The van der Waals surface area contributed by atoms with Crippen molar-refractivity contribution in [1.29, 1.82) is 0 Å². The van der Waals surface area contributed by atoms with Gasteiger partial charge in [-0.05, 0) is 31.2 Å². The monoisotopic (exact) mass is 289 g/mol. The molecule has 19 heavy (non-hydrogen) atoms. The standard InChI is InChI=1S/C13H20FNO3S/c1-3-6-15-10-11-9-12(14)4-5-13(11)18-7-8-19(2,16)17/h4-5,9,15H,3,6-8,10H2,1-2H3. The minimum Gasteiger partial charge on any atom is -0.492 e. The summed E-state index contributed by atoms with van der Waals surface area (Å²) in [6, 6.07) is 4.23. The molecule has 0 fully saturated rings. The van der Waals surface area contributed by atoms with Crippen molar-refractivity contribution < 1.29 is 17.5 Å². The second-order valence-electron chi connectivity index (χ2n) is 4.41. The van der Waals surface area contributed by atoms with Crippen molar-refractivity contribution in [1.82, 2.24) is 5.32 Å². The summed E-state index contributed by atoms with van der Waals surface area (Å²) in [6.45, 7) is 3.45. The Morgan fingerprint density at radius 2 is 2.11 bits per heavy atom. The van der Waals surface area contributed by atoms with E-state index in [0.29, 0.717) is 17.9 Å². The second kappa shape index (κ2) is 7.45. The summed E-state index contributed by atoms with van der Waals surface area (Å²) in [5, 5.41) is 3.16. The van der Waals surface area contributed by atoms with E-state index in [0.717, 1.165) is 19.2 Å². The zero-order valence-electron chi connectivity index (χ0n) is 11.3. The maximum Gasteiger partial charge on any atom is 0.150 e. The molecule has 0 aliphatic carbocycles. The Morgan fingerprint density at radius 3 is 2.74 bits per heavy atom. The zero-order chi connectivity index (χ0) is 14.3. The summed E-state index contributed by atoms with van der Waals surface area (Å²) in [5.74, 6) is 0.143. The largest absolute Gasteiger partial charge is 0.492 e. The molecule has 0 spiro atoms. The van der Waals surface area contributed by atoms with Crippen LogP contribution in [0, 0.1) is 5.82 Å². The van der Waals surface area contributed by atoms with Crippen LogP contribution in [0.4, 0.5) is 4.39 Å². The highest BCUT2D eigenvalue weighted by Gasteiger charge is 2.07. The summed E-state index contributed by atoms with van der Waals surface area (Å²) in [7, 11) is -3.05. The van der Waals surface area contributed by atoms with Gasteiger partial charge >= 0.3 is 0 Å². The first kappa shape index (κ1) is 15.9. The fourth-order valence-electron chi connectivity index (χ4n) is 1.53.